The van der Waals surface area contributed by atoms with Crippen molar-refractivity contribution in [2.45, 2.75) is 19.9 Å². The van der Waals surface area contributed by atoms with Gasteiger partial charge in [0.1, 0.15) is 11.3 Å². The molecular weight excluding hydrogens is 306 g/mol. The van der Waals surface area contributed by atoms with Crippen molar-refractivity contribution in [1.29, 1.82) is 0 Å². The molecule has 1 amide bonds. The van der Waals surface area contributed by atoms with Gasteiger partial charge in [0.25, 0.3) is 11.8 Å². The molecule has 0 aliphatic carbocycles. The number of halogens is 1. The van der Waals surface area contributed by atoms with Gasteiger partial charge in [-0.15, -0.1) is 10.2 Å². The third kappa shape index (κ3) is 2.35. The Hall–Kier alpha value is -2.34. The van der Waals surface area contributed by atoms with Gasteiger partial charge in [0.05, 0.1) is 12.8 Å². The molecule has 0 bridgehead atoms. The maximum Gasteiger partial charge on any atom is 0.264 e. The van der Waals surface area contributed by atoms with Gasteiger partial charge in [0.2, 0.25) is 0 Å². The van der Waals surface area contributed by atoms with Crippen LogP contribution in [0.3, 0.4) is 0 Å². The molecule has 22 heavy (non-hydrogen) atoms. The van der Waals surface area contributed by atoms with E-state index in [1.54, 1.807) is 30.2 Å². The predicted molar refractivity (Wildman–Crippen MR) is 82.1 cm³/mol. The molecule has 7 heteroatoms. The minimum atomic E-state index is -0.242. The number of nitrogens with zero attached hydrogens (tertiary/aromatic N) is 3. The molecule has 0 saturated carbocycles. The van der Waals surface area contributed by atoms with Gasteiger partial charge in [0.15, 0.2) is 10.9 Å². The number of amides is 1. The fourth-order valence-electron chi connectivity index (χ4n) is 2.34. The minimum Gasteiger partial charge on any atom is -0.497 e. The fraction of sp³-hybridized carbons (Fsp3) is 0.267. The fourth-order valence-corrected chi connectivity index (χ4v) is 2.49. The van der Waals surface area contributed by atoms with E-state index in [1.165, 1.54) is 6.07 Å². The van der Waals surface area contributed by atoms with Gasteiger partial charge in [-0.05, 0) is 32.0 Å². The highest BCUT2D eigenvalue weighted by molar-refractivity contribution is 6.29. The molecule has 2 heterocycles. The summed E-state index contributed by atoms with van der Waals surface area (Å²) in [7, 11) is 1.57. The number of ether oxygens (including phenoxy) is 2. The third-order valence-corrected chi connectivity index (χ3v) is 3.51. The first-order valence-electron chi connectivity index (χ1n) is 6.74. The number of benzene rings is 1. The molecule has 0 atom stereocenters. The van der Waals surface area contributed by atoms with E-state index in [0.29, 0.717) is 17.2 Å². The molecule has 0 N–H and O–H groups in total. The van der Waals surface area contributed by atoms with Crippen molar-refractivity contribution in [3.8, 4) is 17.4 Å². The monoisotopic (exact) mass is 319 g/mol. The number of rotatable bonds is 2. The van der Waals surface area contributed by atoms with Crippen LogP contribution in [0.25, 0.3) is 0 Å². The van der Waals surface area contributed by atoms with Crippen molar-refractivity contribution < 1.29 is 14.3 Å². The third-order valence-electron chi connectivity index (χ3n) is 3.33. The Morgan fingerprint density at radius 1 is 1.27 bits per heavy atom. The first kappa shape index (κ1) is 14.6. The van der Waals surface area contributed by atoms with Crippen molar-refractivity contribution in [1.82, 2.24) is 10.2 Å². The number of carbonyl (C=O) groups is 1. The van der Waals surface area contributed by atoms with Crippen LogP contribution in [0, 0.1) is 0 Å². The summed E-state index contributed by atoms with van der Waals surface area (Å²) in [5.41, 5.74) is 0.900. The zero-order valence-corrected chi connectivity index (χ0v) is 13.1. The Balaban J connectivity index is 2.23. The largest absolute Gasteiger partial charge is 0.497 e. The lowest BCUT2D eigenvalue weighted by atomic mass is 10.1. The van der Waals surface area contributed by atoms with Crippen LogP contribution in [-0.2, 0) is 0 Å². The topological polar surface area (TPSA) is 64.5 Å². The molecule has 0 fully saturated rings. The van der Waals surface area contributed by atoms with Crippen LogP contribution in [-0.4, -0.2) is 29.3 Å². The van der Waals surface area contributed by atoms with E-state index in [4.69, 9.17) is 21.1 Å². The Bertz CT molecular complexity index is 749. The summed E-state index contributed by atoms with van der Waals surface area (Å²) in [5, 5.41) is 7.76. The average Bonchev–Trinajstić information content (AvgIpc) is 2.61. The number of carbonyl (C=O) groups excluding carboxylic acids is 1. The molecule has 0 saturated heterocycles. The van der Waals surface area contributed by atoms with Gasteiger partial charge in [-0.1, -0.05) is 11.6 Å². The molecule has 1 aromatic carbocycles. The Morgan fingerprint density at radius 2 is 2.05 bits per heavy atom. The van der Waals surface area contributed by atoms with E-state index in [9.17, 15) is 4.79 Å². The van der Waals surface area contributed by atoms with Crippen LogP contribution in [0.15, 0.2) is 24.3 Å². The Morgan fingerprint density at radius 3 is 2.73 bits per heavy atom. The highest BCUT2D eigenvalue weighted by atomic mass is 35.5. The number of aromatic nitrogens is 2. The van der Waals surface area contributed by atoms with Crippen LogP contribution >= 0.6 is 11.6 Å². The van der Waals surface area contributed by atoms with Gasteiger partial charge in [0, 0.05) is 12.1 Å². The van der Waals surface area contributed by atoms with E-state index in [1.807, 2.05) is 13.8 Å². The number of anilines is 1. The quantitative estimate of drug-likeness (QED) is 0.849. The minimum absolute atomic E-state index is 0.0835. The maximum atomic E-state index is 12.9. The van der Waals surface area contributed by atoms with Crippen LogP contribution in [0.2, 0.25) is 5.15 Å². The second kappa shape index (κ2) is 5.46. The molecule has 6 nitrogen and oxygen atoms in total. The number of fused-ring (bicyclic) bond motifs is 2. The summed E-state index contributed by atoms with van der Waals surface area (Å²) in [5.74, 6) is 1.05. The van der Waals surface area contributed by atoms with Gasteiger partial charge in [-0.2, -0.15) is 0 Å². The number of hydrogen-bond donors (Lipinski definition) is 0. The average molecular weight is 320 g/mol. The standard InChI is InChI=1S/C15H14ClN3O3/c1-8(2)19-11-6-9(21-3)4-5-12(11)22-14-10(15(19)20)7-13(16)17-18-14/h4-8H,1-3H3. The van der Waals surface area contributed by atoms with Crippen LogP contribution in [0.5, 0.6) is 17.4 Å². The van der Waals surface area contributed by atoms with Crippen LogP contribution < -0.4 is 14.4 Å². The number of hydrogen-bond acceptors (Lipinski definition) is 5. The summed E-state index contributed by atoms with van der Waals surface area (Å²) in [4.78, 5) is 14.5. The molecule has 2 aromatic rings. The van der Waals surface area contributed by atoms with Gasteiger partial charge >= 0.3 is 0 Å². The summed E-state index contributed by atoms with van der Waals surface area (Å²) in [6.07, 6.45) is 0. The van der Waals surface area contributed by atoms with Crippen molar-refractivity contribution >= 4 is 23.2 Å². The highest BCUT2D eigenvalue weighted by Crippen LogP contribution is 2.41. The Kier molecular flexibility index (Phi) is 3.62. The normalized spacial score (nSPS) is 13.3. The summed E-state index contributed by atoms with van der Waals surface area (Å²) >= 11 is 5.86. The highest BCUT2D eigenvalue weighted by Gasteiger charge is 2.31. The van der Waals surface area contributed by atoms with Gasteiger partial charge in [-0.3, -0.25) is 4.79 Å². The first-order valence-corrected chi connectivity index (χ1v) is 7.11. The van der Waals surface area contributed by atoms with Crippen molar-refractivity contribution in [2.24, 2.45) is 0 Å². The second-order valence-corrected chi connectivity index (χ2v) is 5.48. The second-order valence-electron chi connectivity index (χ2n) is 5.09. The lowest BCUT2D eigenvalue weighted by molar-refractivity contribution is 0.0980. The van der Waals surface area contributed by atoms with E-state index >= 15 is 0 Å². The van der Waals surface area contributed by atoms with E-state index < -0.39 is 0 Å². The van der Waals surface area contributed by atoms with Gasteiger partial charge in [-0.25, -0.2) is 0 Å². The predicted octanol–water partition coefficient (Wildman–Crippen LogP) is 3.30. The van der Waals surface area contributed by atoms with Crippen molar-refractivity contribution in [3.05, 3.63) is 35.0 Å². The zero-order chi connectivity index (χ0) is 15.9. The summed E-state index contributed by atoms with van der Waals surface area (Å²) < 4.78 is 11.0. The lowest BCUT2D eigenvalue weighted by Crippen LogP contribution is -2.36. The van der Waals surface area contributed by atoms with E-state index in [-0.39, 0.29) is 28.5 Å². The zero-order valence-electron chi connectivity index (χ0n) is 12.3. The van der Waals surface area contributed by atoms with Crippen LogP contribution in [0.4, 0.5) is 5.69 Å². The molecule has 3 rings (SSSR count). The van der Waals surface area contributed by atoms with E-state index in [2.05, 4.69) is 10.2 Å². The Labute approximate surface area is 132 Å². The smallest absolute Gasteiger partial charge is 0.264 e. The molecule has 1 aliphatic rings. The van der Waals surface area contributed by atoms with Crippen LogP contribution in [0.1, 0.15) is 24.2 Å². The van der Waals surface area contributed by atoms with Gasteiger partial charge < -0.3 is 14.4 Å². The molecule has 0 unspecified atom stereocenters. The molecule has 0 radical (unpaired) electrons. The lowest BCUT2D eigenvalue weighted by Gasteiger charge is -2.26. The van der Waals surface area contributed by atoms with E-state index in [0.717, 1.165) is 0 Å². The summed E-state index contributed by atoms with van der Waals surface area (Å²) in [6.45, 7) is 3.84. The molecule has 114 valence electrons. The summed E-state index contributed by atoms with van der Waals surface area (Å²) in [6, 6.07) is 6.64. The SMILES string of the molecule is COc1ccc2c(c1)N(C(C)C)C(=O)c1cc(Cl)nnc1O2. The van der Waals surface area contributed by atoms with Crippen molar-refractivity contribution in [2.75, 3.05) is 12.0 Å². The first-order chi connectivity index (χ1) is 10.5. The maximum absolute atomic E-state index is 12.9. The molecular formula is C15H14ClN3O3. The molecule has 0 spiro atoms. The molecule has 1 aliphatic heterocycles. The number of methoxy groups -OCH3 is 1. The van der Waals surface area contributed by atoms with Crippen molar-refractivity contribution in [3.63, 3.8) is 0 Å². The molecule has 1 aromatic heterocycles.